The third kappa shape index (κ3) is 11.6. The third-order valence-corrected chi connectivity index (χ3v) is 7.46. The van der Waals surface area contributed by atoms with Crippen molar-refractivity contribution in [3.63, 3.8) is 0 Å². The van der Waals surface area contributed by atoms with Crippen molar-refractivity contribution in [3.8, 4) is 5.75 Å². The molecule has 0 aliphatic carbocycles. The van der Waals surface area contributed by atoms with Crippen LogP contribution < -0.4 is 21.7 Å². The van der Waals surface area contributed by atoms with Crippen LogP contribution in [0.1, 0.15) is 24.5 Å². The Labute approximate surface area is 248 Å². The fourth-order valence-electron chi connectivity index (χ4n) is 4.04. The van der Waals surface area contributed by atoms with E-state index in [1.54, 1.807) is 12.1 Å². The number of benzene rings is 2. The maximum Gasteiger partial charge on any atom is 0.243 e. The molecule has 4 amide bonds. The van der Waals surface area contributed by atoms with Crippen LogP contribution in [0.15, 0.2) is 54.6 Å². The van der Waals surface area contributed by atoms with Crippen LogP contribution in [-0.4, -0.2) is 99.3 Å². The molecule has 0 aliphatic rings. The molecule has 2 aromatic carbocycles. The summed E-state index contributed by atoms with van der Waals surface area (Å²) in [4.78, 5) is 52.6. The summed E-state index contributed by atoms with van der Waals surface area (Å²) in [5.41, 5.74) is 7.50. The standard InChI is InChI=1S/C29H41N5O7S/c1-19(32-28(39)24(30)15-21-9-11-23(36)12-10-21)27(38)31-17-26(37)34(2)25(16-20-7-5-4-6-8-20)29(40)33-22(18-35)13-14-42(3)41/h4-12,19,22,24-25,35-36H,13-18,30H2,1-3H3,(H,31,38)(H,32,39)(H,33,40)/t19-,22?,24+,25+,42?/m1/s1. The molecule has 0 saturated heterocycles. The second-order valence-corrected chi connectivity index (χ2v) is 11.6. The van der Waals surface area contributed by atoms with Crippen molar-refractivity contribution < 1.29 is 33.6 Å². The Kier molecular flexibility index (Phi) is 14.1. The van der Waals surface area contributed by atoms with E-state index in [4.69, 9.17) is 5.73 Å². The Morgan fingerprint density at radius 3 is 2.14 bits per heavy atom. The van der Waals surface area contributed by atoms with E-state index < -0.39 is 65.1 Å². The number of aliphatic hydroxyl groups excluding tert-OH is 1. The summed E-state index contributed by atoms with van der Waals surface area (Å²) in [6.45, 7) is 0.682. The van der Waals surface area contributed by atoms with Gasteiger partial charge in [-0.3, -0.25) is 23.4 Å². The van der Waals surface area contributed by atoms with Crippen molar-refractivity contribution in [2.45, 2.75) is 50.4 Å². The van der Waals surface area contributed by atoms with Gasteiger partial charge in [-0.15, -0.1) is 0 Å². The lowest BCUT2D eigenvalue weighted by molar-refractivity contribution is -0.139. The minimum absolute atomic E-state index is 0.0920. The molecule has 7 N–H and O–H groups in total. The lowest BCUT2D eigenvalue weighted by atomic mass is 10.0. The van der Waals surface area contributed by atoms with Gasteiger partial charge in [-0.1, -0.05) is 42.5 Å². The molecule has 230 valence electrons. The van der Waals surface area contributed by atoms with Crippen molar-refractivity contribution in [3.05, 3.63) is 65.7 Å². The number of phenols is 1. The zero-order valence-electron chi connectivity index (χ0n) is 24.1. The number of carbonyl (C=O) groups is 4. The quantitative estimate of drug-likeness (QED) is 0.144. The van der Waals surface area contributed by atoms with Crippen LogP contribution in [-0.2, 0) is 42.8 Å². The Morgan fingerprint density at radius 2 is 1.55 bits per heavy atom. The fraction of sp³-hybridized carbons (Fsp3) is 0.448. The first-order chi connectivity index (χ1) is 19.9. The van der Waals surface area contributed by atoms with Crippen molar-refractivity contribution in [1.29, 1.82) is 0 Å². The number of nitrogens with one attached hydrogen (secondary N) is 3. The molecule has 12 nitrogen and oxygen atoms in total. The van der Waals surface area contributed by atoms with E-state index in [1.807, 2.05) is 30.3 Å². The lowest BCUT2D eigenvalue weighted by Gasteiger charge is -2.29. The van der Waals surface area contributed by atoms with E-state index >= 15 is 0 Å². The third-order valence-electron chi connectivity index (χ3n) is 6.65. The van der Waals surface area contributed by atoms with Gasteiger partial charge in [-0.05, 0) is 43.0 Å². The smallest absolute Gasteiger partial charge is 0.243 e. The first-order valence-electron chi connectivity index (χ1n) is 13.5. The molecule has 42 heavy (non-hydrogen) atoms. The monoisotopic (exact) mass is 603 g/mol. The molecule has 2 rings (SSSR count). The summed E-state index contributed by atoms with van der Waals surface area (Å²) in [5, 5.41) is 26.8. The van der Waals surface area contributed by atoms with Crippen LogP contribution in [0.3, 0.4) is 0 Å². The number of nitrogens with zero attached hydrogens (tertiary/aromatic N) is 1. The van der Waals surface area contributed by atoms with Crippen molar-refractivity contribution in [2.24, 2.45) is 5.73 Å². The first kappa shape index (κ1) is 34.4. The van der Waals surface area contributed by atoms with Gasteiger partial charge < -0.3 is 36.8 Å². The van der Waals surface area contributed by atoms with Crippen LogP contribution in [0.5, 0.6) is 5.75 Å². The Hall–Kier alpha value is -3.81. The van der Waals surface area contributed by atoms with Gasteiger partial charge in [-0.25, -0.2) is 0 Å². The molecule has 0 heterocycles. The average molecular weight is 604 g/mol. The summed E-state index contributed by atoms with van der Waals surface area (Å²) in [7, 11) is 0.351. The largest absolute Gasteiger partial charge is 0.508 e. The molecule has 0 aromatic heterocycles. The number of aliphatic hydroxyl groups is 1. The highest BCUT2D eigenvalue weighted by atomic mass is 32.2. The SMILES string of the molecule is C[C@@H](NC(=O)[C@@H](N)Cc1ccc(O)cc1)C(=O)NCC(=O)N(C)[C@@H](Cc1ccccc1)C(=O)NC(CO)CCS(C)=O. The van der Waals surface area contributed by atoms with Crippen molar-refractivity contribution in [1.82, 2.24) is 20.9 Å². The van der Waals surface area contributed by atoms with E-state index in [9.17, 15) is 33.6 Å². The minimum Gasteiger partial charge on any atom is -0.508 e. The molecule has 2 aromatic rings. The molecule has 0 radical (unpaired) electrons. The van der Waals surface area contributed by atoms with Crippen LogP contribution in [0.25, 0.3) is 0 Å². The number of nitrogens with two attached hydrogens (primary N) is 1. The predicted molar refractivity (Wildman–Crippen MR) is 160 cm³/mol. The van der Waals surface area contributed by atoms with Crippen molar-refractivity contribution >= 4 is 34.4 Å². The maximum atomic E-state index is 13.2. The average Bonchev–Trinajstić information content (AvgIpc) is 2.97. The molecule has 13 heteroatoms. The Morgan fingerprint density at radius 1 is 0.929 bits per heavy atom. The van der Waals surface area contributed by atoms with E-state index in [0.29, 0.717) is 12.2 Å². The Balaban J connectivity index is 1.98. The molecular weight excluding hydrogens is 562 g/mol. The molecule has 0 saturated carbocycles. The summed E-state index contributed by atoms with van der Waals surface area (Å²) < 4.78 is 11.5. The van der Waals surface area contributed by atoms with Crippen LogP contribution in [0, 0.1) is 0 Å². The zero-order valence-corrected chi connectivity index (χ0v) is 24.9. The molecule has 5 atom stereocenters. The second-order valence-electron chi connectivity index (χ2n) is 10.1. The van der Waals surface area contributed by atoms with Gasteiger partial charge in [0.25, 0.3) is 0 Å². The normalized spacial score (nSPS) is 14.5. The van der Waals surface area contributed by atoms with Crippen molar-refractivity contribution in [2.75, 3.05) is 32.2 Å². The van der Waals surface area contributed by atoms with E-state index in [1.165, 1.54) is 37.3 Å². The van der Waals surface area contributed by atoms with Gasteiger partial charge in [0.1, 0.15) is 17.8 Å². The number of carbonyl (C=O) groups excluding carboxylic acids is 4. The number of phenolic OH excluding ortho intramolecular Hbond substituents is 1. The van der Waals surface area contributed by atoms with E-state index in [0.717, 1.165) is 11.1 Å². The number of aromatic hydroxyl groups is 1. The predicted octanol–water partition coefficient (Wildman–Crippen LogP) is -0.802. The lowest BCUT2D eigenvalue weighted by Crippen LogP contribution is -2.55. The van der Waals surface area contributed by atoms with Crippen LogP contribution in [0.2, 0.25) is 0 Å². The van der Waals surface area contributed by atoms with Gasteiger partial charge >= 0.3 is 0 Å². The van der Waals surface area contributed by atoms with Gasteiger partial charge in [0, 0.05) is 36.3 Å². The summed E-state index contributed by atoms with van der Waals surface area (Å²) >= 11 is 0. The molecule has 2 unspecified atom stereocenters. The molecule has 0 spiro atoms. The van der Waals surface area contributed by atoms with Crippen LogP contribution >= 0.6 is 0 Å². The zero-order chi connectivity index (χ0) is 31.2. The van der Waals surface area contributed by atoms with Gasteiger partial charge in [-0.2, -0.15) is 0 Å². The first-order valence-corrected chi connectivity index (χ1v) is 15.3. The van der Waals surface area contributed by atoms with Gasteiger partial charge in [0.2, 0.25) is 23.6 Å². The van der Waals surface area contributed by atoms with E-state index in [2.05, 4.69) is 16.0 Å². The topological polar surface area (TPSA) is 191 Å². The number of hydrogen-bond donors (Lipinski definition) is 6. The number of likely N-dealkylation sites (N-methyl/N-ethyl adjacent to an activating group) is 1. The molecule has 0 bridgehead atoms. The Bertz CT molecular complexity index is 1210. The maximum absolute atomic E-state index is 13.2. The van der Waals surface area contributed by atoms with Gasteiger partial charge in [0.15, 0.2) is 0 Å². The summed E-state index contributed by atoms with van der Waals surface area (Å²) in [6, 6.07) is 11.8. The highest BCUT2D eigenvalue weighted by molar-refractivity contribution is 7.84. The number of rotatable bonds is 16. The molecular formula is C29H41N5O7S. The van der Waals surface area contributed by atoms with Crippen LogP contribution in [0.4, 0.5) is 0 Å². The highest BCUT2D eigenvalue weighted by Crippen LogP contribution is 2.12. The fourth-order valence-corrected chi connectivity index (χ4v) is 4.65. The number of hydrogen-bond acceptors (Lipinski definition) is 8. The molecule has 0 fully saturated rings. The van der Waals surface area contributed by atoms with E-state index in [-0.39, 0.29) is 25.2 Å². The summed E-state index contributed by atoms with van der Waals surface area (Å²) in [6.07, 6.45) is 2.22. The minimum atomic E-state index is -1.10. The van der Waals surface area contributed by atoms with Gasteiger partial charge in [0.05, 0.1) is 25.2 Å². The highest BCUT2D eigenvalue weighted by Gasteiger charge is 2.29. The second kappa shape index (κ2) is 17.2. The molecule has 0 aliphatic heterocycles. The number of amides is 4. The summed E-state index contributed by atoms with van der Waals surface area (Å²) in [5.74, 6) is -1.82.